The topological polar surface area (TPSA) is 105 Å². The van der Waals surface area contributed by atoms with Crippen molar-refractivity contribution in [3.8, 4) is 0 Å². The molecule has 0 bridgehead atoms. The third kappa shape index (κ3) is 3.74. The Hall–Kier alpha value is -3.16. The van der Waals surface area contributed by atoms with Crippen LogP contribution in [-0.2, 0) is 35.6 Å². The number of aliphatic carboxylic acids is 1. The minimum absolute atomic E-state index is 0.0408. The number of hydrogen-bond acceptors (Lipinski definition) is 4. The Bertz CT molecular complexity index is 844. The van der Waals surface area contributed by atoms with Gasteiger partial charge in [0.1, 0.15) is 6.54 Å². The van der Waals surface area contributed by atoms with Crippen molar-refractivity contribution >= 4 is 17.8 Å². The third-order valence-corrected chi connectivity index (χ3v) is 4.40. The van der Waals surface area contributed by atoms with Gasteiger partial charge in [-0.2, -0.15) is 5.10 Å². The molecule has 2 N–H and O–H groups in total. The Kier molecular flexibility index (Phi) is 5.01. The molecule has 0 fully saturated rings. The first kappa shape index (κ1) is 17.7. The van der Waals surface area contributed by atoms with Crippen molar-refractivity contribution in [3.05, 3.63) is 52.8 Å². The number of amides is 2. The molecule has 0 atom stereocenters. The number of carboxylic acid groups (broad SMARTS) is 1. The van der Waals surface area contributed by atoms with E-state index in [-0.39, 0.29) is 24.9 Å². The summed E-state index contributed by atoms with van der Waals surface area (Å²) in [7, 11) is 0. The minimum atomic E-state index is -0.982. The largest absolute Gasteiger partial charge is 0.480 e. The average Bonchev–Trinajstić information content (AvgIpc) is 2.96. The van der Waals surface area contributed by atoms with Crippen LogP contribution in [0.4, 0.5) is 0 Å². The maximum atomic E-state index is 12.2. The SMILES string of the molecule is CC(=O)N1CCc2c(c(CNC(=O)c3ccccc3)nn2CC(=O)O)C1. The maximum Gasteiger partial charge on any atom is 0.325 e. The van der Waals surface area contributed by atoms with E-state index in [1.165, 1.54) is 11.6 Å². The van der Waals surface area contributed by atoms with Gasteiger partial charge in [-0.25, -0.2) is 0 Å². The van der Waals surface area contributed by atoms with Gasteiger partial charge in [0.2, 0.25) is 5.91 Å². The molecule has 0 spiro atoms. The van der Waals surface area contributed by atoms with Crippen LogP contribution in [0.2, 0.25) is 0 Å². The van der Waals surface area contributed by atoms with Crippen LogP contribution < -0.4 is 5.32 Å². The molecule has 2 heterocycles. The van der Waals surface area contributed by atoms with Gasteiger partial charge in [-0.1, -0.05) is 18.2 Å². The van der Waals surface area contributed by atoms with Gasteiger partial charge < -0.3 is 15.3 Å². The summed E-state index contributed by atoms with van der Waals surface area (Å²) in [4.78, 5) is 36.7. The lowest BCUT2D eigenvalue weighted by Gasteiger charge is -2.26. The Labute approximate surface area is 150 Å². The van der Waals surface area contributed by atoms with E-state index in [1.807, 2.05) is 6.07 Å². The van der Waals surface area contributed by atoms with Gasteiger partial charge >= 0.3 is 5.97 Å². The van der Waals surface area contributed by atoms with Crippen molar-refractivity contribution in [3.63, 3.8) is 0 Å². The molecule has 1 aliphatic rings. The van der Waals surface area contributed by atoms with Crippen LogP contribution >= 0.6 is 0 Å². The van der Waals surface area contributed by atoms with Gasteiger partial charge in [0, 0.05) is 43.3 Å². The smallest absolute Gasteiger partial charge is 0.325 e. The predicted octanol–water partition coefficient (Wildman–Crippen LogP) is 0.802. The minimum Gasteiger partial charge on any atom is -0.480 e. The second-order valence-electron chi connectivity index (χ2n) is 6.16. The molecule has 136 valence electrons. The fourth-order valence-electron chi connectivity index (χ4n) is 3.09. The quantitative estimate of drug-likeness (QED) is 0.825. The van der Waals surface area contributed by atoms with Crippen molar-refractivity contribution < 1.29 is 19.5 Å². The molecule has 1 aromatic carbocycles. The van der Waals surface area contributed by atoms with Crippen molar-refractivity contribution in [1.29, 1.82) is 0 Å². The lowest BCUT2D eigenvalue weighted by atomic mass is 10.0. The number of nitrogens with one attached hydrogen (secondary N) is 1. The van der Waals surface area contributed by atoms with Crippen molar-refractivity contribution in [2.75, 3.05) is 6.54 Å². The highest BCUT2D eigenvalue weighted by atomic mass is 16.4. The first-order chi connectivity index (χ1) is 12.5. The molecule has 0 unspecified atom stereocenters. The van der Waals surface area contributed by atoms with E-state index in [1.54, 1.807) is 29.2 Å². The van der Waals surface area contributed by atoms with Crippen molar-refractivity contribution in [2.45, 2.75) is 33.0 Å². The zero-order valence-electron chi connectivity index (χ0n) is 14.4. The highest BCUT2D eigenvalue weighted by Crippen LogP contribution is 2.23. The van der Waals surface area contributed by atoms with E-state index in [9.17, 15) is 14.4 Å². The zero-order valence-corrected chi connectivity index (χ0v) is 14.4. The number of hydrogen-bond donors (Lipinski definition) is 2. The Morgan fingerprint density at radius 2 is 1.96 bits per heavy atom. The molecule has 8 heteroatoms. The highest BCUT2D eigenvalue weighted by Gasteiger charge is 2.26. The average molecular weight is 356 g/mol. The normalized spacial score (nSPS) is 13.2. The lowest BCUT2D eigenvalue weighted by Crippen LogP contribution is -2.35. The first-order valence-corrected chi connectivity index (χ1v) is 8.33. The molecule has 0 radical (unpaired) electrons. The molecule has 2 amide bonds. The molecule has 1 aliphatic heterocycles. The van der Waals surface area contributed by atoms with E-state index in [2.05, 4.69) is 10.4 Å². The van der Waals surface area contributed by atoms with Gasteiger partial charge in [0.25, 0.3) is 5.91 Å². The van der Waals surface area contributed by atoms with Crippen LogP contribution in [0.5, 0.6) is 0 Å². The third-order valence-electron chi connectivity index (χ3n) is 4.40. The summed E-state index contributed by atoms with van der Waals surface area (Å²) in [5, 5.41) is 16.3. The van der Waals surface area contributed by atoms with Gasteiger partial charge in [0.05, 0.1) is 12.2 Å². The summed E-state index contributed by atoms with van der Waals surface area (Å²) in [5.41, 5.74) is 2.77. The monoisotopic (exact) mass is 356 g/mol. The second-order valence-corrected chi connectivity index (χ2v) is 6.16. The first-order valence-electron chi connectivity index (χ1n) is 8.33. The fraction of sp³-hybridized carbons (Fsp3) is 0.333. The Morgan fingerprint density at radius 3 is 2.62 bits per heavy atom. The zero-order chi connectivity index (χ0) is 18.7. The molecule has 8 nitrogen and oxygen atoms in total. The number of carboxylic acids is 1. The van der Waals surface area contributed by atoms with Gasteiger partial charge in [0.15, 0.2) is 0 Å². The summed E-state index contributed by atoms with van der Waals surface area (Å²) in [6, 6.07) is 8.82. The summed E-state index contributed by atoms with van der Waals surface area (Å²) >= 11 is 0. The molecule has 3 rings (SSSR count). The fourth-order valence-corrected chi connectivity index (χ4v) is 3.09. The van der Waals surface area contributed by atoms with Crippen LogP contribution in [0.25, 0.3) is 0 Å². The molecule has 1 aromatic heterocycles. The number of rotatable bonds is 5. The number of aromatic nitrogens is 2. The molecule has 0 aliphatic carbocycles. The van der Waals surface area contributed by atoms with E-state index in [4.69, 9.17) is 5.11 Å². The molecular weight excluding hydrogens is 336 g/mol. The number of carbonyl (C=O) groups is 3. The van der Waals surface area contributed by atoms with E-state index < -0.39 is 5.97 Å². The summed E-state index contributed by atoms with van der Waals surface area (Å²) in [6.07, 6.45) is 0.543. The maximum absolute atomic E-state index is 12.2. The standard InChI is InChI=1S/C18H20N4O4/c1-12(23)21-8-7-16-14(10-21)15(20-22(16)11-17(24)25)9-19-18(26)13-5-3-2-4-6-13/h2-6H,7-11H2,1H3,(H,19,26)(H,24,25). The number of nitrogens with zero attached hydrogens (tertiary/aromatic N) is 3. The highest BCUT2D eigenvalue weighted by molar-refractivity contribution is 5.94. The van der Waals surface area contributed by atoms with Crippen molar-refractivity contribution in [2.24, 2.45) is 0 Å². The number of fused-ring (bicyclic) bond motifs is 1. The van der Waals surface area contributed by atoms with Crippen LogP contribution in [0.3, 0.4) is 0 Å². The van der Waals surface area contributed by atoms with Gasteiger partial charge in [-0.05, 0) is 12.1 Å². The Balaban J connectivity index is 1.82. The number of benzene rings is 1. The summed E-state index contributed by atoms with van der Waals surface area (Å²) in [6.45, 7) is 2.34. The number of carbonyl (C=O) groups excluding carboxylic acids is 2. The van der Waals surface area contributed by atoms with E-state index >= 15 is 0 Å². The predicted molar refractivity (Wildman–Crippen MR) is 92.3 cm³/mol. The summed E-state index contributed by atoms with van der Waals surface area (Å²) in [5.74, 6) is -1.25. The molecular formula is C18H20N4O4. The van der Waals surface area contributed by atoms with Crippen LogP contribution in [0, 0.1) is 0 Å². The van der Waals surface area contributed by atoms with Crippen LogP contribution in [0.15, 0.2) is 30.3 Å². The van der Waals surface area contributed by atoms with Gasteiger partial charge in [-0.3, -0.25) is 19.1 Å². The lowest BCUT2D eigenvalue weighted by molar-refractivity contribution is -0.138. The van der Waals surface area contributed by atoms with E-state index in [0.29, 0.717) is 30.8 Å². The van der Waals surface area contributed by atoms with Crippen LogP contribution in [-0.4, -0.2) is 44.1 Å². The summed E-state index contributed by atoms with van der Waals surface area (Å²) < 4.78 is 1.46. The van der Waals surface area contributed by atoms with Crippen molar-refractivity contribution in [1.82, 2.24) is 20.0 Å². The van der Waals surface area contributed by atoms with Gasteiger partial charge in [-0.15, -0.1) is 0 Å². The molecule has 0 saturated carbocycles. The molecule has 26 heavy (non-hydrogen) atoms. The molecule has 0 saturated heterocycles. The Morgan fingerprint density at radius 1 is 1.23 bits per heavy atom. The second kappa shape index (κ2) is 7.38. The molecule has 2 aromatic rings. The van der Waals surface area contributed by atoms with E-state index in [0.717, 1.165) is 11.3 Å². The van der Waals surface area contributed by atoms with Crippen LogP contribution in [0.1, 0.15) is 34.2 Å².